The van der Waals surface area contributed by atoms with Crippen LogP contribution in [0, 0.1) is 0 Å². The van der Waals surface area contributed by atoms with Crippen LogP contribution in [0.1, 0.15) is 22.2 Å². The first-order valence-electron chi connectivity index (χ1n) is 9.57. The number of hydrogen-bond donors (Lipinski definition) is 1. The number of furan rings is 1. The molecule has 1 amide bonds. The Morgan fingerprint density at radius 3 is 2.66 bits per heavy atom. The Balaban J connectivity index is 1.50. The van der Waals surface area contributed by atoms with E-state index < -0.39 is 0 Å². The van der Waals surface area contributed by atoms with E-state index in [9.17, 15) is 4.79 Å². The predicted octanol–water partition coefficient (Wildman–Crippen LogP) is 3.90. The van der Waals surface area contributed by atoms with Crippen LogP contribution >= 0.6 is 11.6 Å². The van der Waals surface area contributed by atoms with Crippen LogP contribution in [0.15, 0.2) is 52.9 Å². The molecule has 0 aliphatic carbocycles. The molecule has 3 aromatic rings. The zero-order valence-corrected chi connectivity index (χ0v) is 16.9. The van der Waals surface area contributed by atoms with Crippen molar-refractivity contribution >= 4 is 28.5 Å². The largest absolute Gasteiger partial charge is 0.497 e. The fraction of sp³-hybridized carbons (Fsp3) is 0.318. The lowest BCUT2D eigenvalue weighted by Crippen LogP contribution is -2.43. The number of morpholine rings is 1. The molecule has 2 heterocycles. The molecule has 1 aliphatic heterocycles. The smallest absolute Gasteiger partial charge is 0.287 e. The summed E-state index contributed by atoms with van der Waals surface area (Å²) < 4.78 is 16.4. The molecule has 6 nitrogen and oxygen atoms in total. The molecule has 2 aromatic carbocycles. The van der Waals surface area contributed by atoms with Gasteiger partial charge in [0, 0.05) is 30.0 Å². The van der Waals surface area contributed by atoms with Gasteiger partial charge in [-0.3, -0.25) is 9.69 Å². The first kappa shape index (κ1) is 19.8. The molecule has 1 aromatic heterocycles. The molecule has 1 fully saturated rings. The van der Waals surface area contributed by atoms with Crippen LogP contribution in [-0.2, 0) is 4.74 Å². The summed E-state index contributed by atoms with van der Waals surface area (Å²) in [6, 6.07) is 15.0. The Morgan fingerprint density at radius 1 is 1.17 bits per heavy atom. The van der Waals surface area contributed by atoms with Gasteiger partial charge in [-0.15, -0.1) is 0 Å². The number of carbonyl (C=O) groups excluding carboxylic acids is 1. The van der Waals surface area contributed by atoms with Gasteiger partial charge in [0.15, 0.2) is 5.76 Å². The first-order chi connectivity index (χ1) is 14.1. The van der Waals surface area contributed by atoms with Crippen molar-refractivity contribution in [1.82, 2.24) is 10.2 Å². The van der Waals surface area contributed by atoms with Crippen molar-refractivity contribution in [3.63, 3.8) is 0 Å². The SMILES string of the molecule is COc1ccc(C(CNC(=O)c2cc3cc(Cl)ccc3o2)N2CCOCC2)cc1. The number of amides is 1. The van der Waals surface area contributed by atoms with E-state index in [4.69, 9.17) is 25.5 Å². The molecule has 4 rings (SSSR count). The summed E-state index contributed by atoms with van der Waals surface area (Å²) in [7, 11) is 1.65. The minimum Gasteiger partial charge on any atom is -0.497 e. The molecule has 29 heavy (non-hydrogen) atoms. The summed E-state index contributed by atoms with van der Waals surface area (Å²) in [5, 5.41) is 4.44. The Hall–Kier alpha value is -2.54. The maximum absolute atomic E-state index is 12.7. The van der Waals surface area contributed by atoms with E-state index in [1.807, 2.05) is 24.3 Å². The molecule has 1 saturated heterocycles. The highest BCUT2D eigenvalue weighted by Gasteiger charge is 2.24. The van der Waals surface area contributed by atoms with Gasteiger partial charge >= 0.3 is 0 Å². The number of ether oxygens (including phenoxy) is 2. The van der Waals surface area contributed by atoms with Crippen LogP contribution in [0.2, 0.25) is 5.02 Å². The van der Waals surface area contributed by atoms with E-state index in [1.54, 1.807) is 31.4 Å². The molecule has 1 unspecified atom stereocenters. The molecule has 0 saturated carbocycles. The van der Waals surface area contributed by atoms with E-state index >= 15 is 0 Å². The highest BCUT2D eigenvalue weighted by Crippen LogP contribution is 2.25. The molecule has 152 valence electrons. The number of fused-ring (bicyclic) bond motifs is 1. The van der Waals surface area contributed by atoms with Gasteiger partial charge in [0.2, 0.25) is 0 Å². The van der Waals surface area contributed by atoms with E-state index in [0.29, 0.717) is 30.4 Å². The standard InChI is InChI=1S/C22H23ClN2O4/c1-27-18-5-2-15(3-6-18)19(25-8-10-28-11-9-25)14-24-22(26)21-13-16-12-17(23)4-7-20(16)29-21/h2-7,12-13,19H,8-11,14H2,1H3,(H,24,26). The van der Waals surface area contributed by atoms with Gasteiger partial charge in [-0.25, -0.2) is 0 Å². The van der Waals surface area contributed by atoms with Gasteiger partial charge in [-0.05, 0) is 42.0 Å². The second-order valence-corrected chi connectivity index (χ2v) is 7.38. The predicted molar refractivity (Wildman–Crippen MR) is 112 cm³/mol. The van der Waals surface area contributed by atoms with Crippen molar-refractivity contribution in [3.05, 3.63) is 64.9 Å². The fourth-order valence-electron chi connectivity index (χ4n) is 3.58. The van der Waals surface area contributed by atoms with E-state index in [1.165, 1.54) is 0 Å². The minimum absolute atomic E-state index is 0.0348. The van der Waals surface area contributed by atoms with Crippen molar-refractivity contribution in [2.45, 2.75) is 6.04 Å². The topological polar surface area (TPSA) is 63.9 Å². The Labute approximate surface area is 174 Å². The Bertz CT molecular complexity index is 980. The Morgan fingerprint density at radius 2 is 1.93 bits per heavy atom. The van der Waals surface area contributed by atoms with Gasteiger partial charge in [0.05, 0.1) is 26.4 Å². The number of benzene rings is 2. The van der Waals surface area contributed by atoms with E-state index in [0.717, 1.165) is 29.8 Å². The third-order valence-corrected chi connectivity index (χ3v) is 5.38. The summed E-state index contributed by atoms with van der Waals surface area (Å²) >= 11 is 6.02. The van der Waals surface area contributed by atoms with Crippen LogP contribution in [0.5, 0.6) is 5.75 Å². The van der Waals surface area contributed by atoms with Crippen LogP contribution in [0.25, 0.3) is 11.0 Å². The van der Waals surface area contributed by atoms with Gasteiger partial charge in [0.25, 0.3) is 5.91 Å². The Kier molecular flexibility index (Phi) is 6.04. The molecule has 0 spiro atoms. The van der Waals surface area contributed by atoms with Crippen molar-refractivity contribution in [1.29, 1.82) is 0 Å². The van der Waals surface area contributed by atoms with Crippen LogP contribution < -0.4 is 10.1 Å². The van der Waals surface area contributed by atoms with Crippen molar-refractivity contribution in [3.8, 4) is 5.75 Å². The average Bonchev–Trinajstić information content (AvgIpc) is 3.18. The summed E-state index contributed by atoms with van der Waals surface area (Å²) in [5.74, 6) is 0.835. The molecule has 1 N–H and O–H groups in total. The summed E-state index contributed by atoms with van der Waals surface area (Å²) in [6.45, 7) is 3.46. The zero-order valence-electron chi connectivity index (χ0n) is 16.2. The maximum atomic E-state index is 12.7. The zero-order chi connectivity index (χ0) is 20.2. The summed E-state index contributed by atoms with van der Waals surface area (Å²) in [4.78, 5) is 15.0. The summed E-state index contributed by atoms with van der Waals surface area (Å²) in [6.07, 6.45) is 0. The third-order valence-electron chi connectivity index (χ3n) is 5.15. The minimum atomic E-state index is -0.246. The summed E-state index contributed by atoms with van der Waals surface area (Å²) in [5.41, 5.74) is 1.75. The van der Waals surface area contributed by atoms with Gasteiger partial charge in [0.1, 0.15) is 11.3 Å². The molecular weight excluding hydrogens is 392 g/mol. The number of carbonyl (C=O) groups is 1. The lowest BCUT2D eigenvalue weighted by molar-refractivity contribution is 0.0161. The number of methoxy groups -OCH3 is 1. The number of halogens is 1. The maximum Gasteiger partial charge on any atom is 0.287 e. The number of nitrogens with zero attached hydrogens (tertiary/aromatic N) is 1. The number of nitrogens with one attached hydrogen (secondary N) is 1. The van der Waals surface area contributed by atoms with Gasteiger partial charge < -0.3 is 19.2 Å². The van der Waals surface area contributed by atoms with Crippen molar-refractivity contribution in [2.24, 2.45) is 0 Å². The van der Waals surface area contributed by atoms with Crippen LogP contribution in [0.3, 0.4) is 0 Å². The quantitative estimate of drug-likeness (QED) is 0.662. The van der Waals surface area contributed by atoms with Crippen molar-refractivity contribution < 1.29 is 18.7 Å². The molecular formula is C22H23ClN2O4. The van der Waals surface area contributed by atoms with E-state index in [-0.39, 0.29) is 17.7 Å². The average molecular weight is 415 g/mol. The molecule has 7 heteroatoms. The lowest BCUT2D eigenvalue weighted by atomic mass is 10.0. The monoisotopic (exact) mass is 414 g/mol. The molecule has 1 aliphatic rings. The molecule has 0 radical (unpaired) electrons. The molecule has 1 atom stereocenters. The van der Waals surface area contributed by atoms with Crippen LogP contribution in [0.4, 0.5) is 0 Å². The van der Waals surface area contributed by atoms with E-state index in [2.05, 4.69) is 10.2 Å². The second kappa shape index (κ2) is 8.86. The highest BCUT2D eigenvalue weighted by atomic mass is 35.5. The number of rotatable bonds is 6. The first-order valence-corrected chi connectivity index (χ1v) is 9.95. The van der Waals surface area contributed by atoms with Gasteiger partial charge in [-0.2, -0.15) is 0 Å². The lowest BCUT2D eigenvalue weighted by Gasteiger charge is -2.34. The fourth-order valence-corrected chi connectivity index (χ4v) is 3.76. The third kappa shape index (κ3) is 4.56. The van der Waals surface area contributed by atoms with Crippen molar-refractivity contribution in [2.75, 3.05) is 40.0 Å². The van der Waals surface area contributed by atoms with Gasteiger partial charge in [-0.1, -0.05) is 23.7 Å². The van der Waals surface area contributed by atoms with Crippen LogP contribution in [-0.4, -0.2) is 50.8 Å². The highest BCUT2D eigenvalue weighted by molar-refractivity contribution is 6.31. The second-order valence-electron chi connectivity index (χ2n) is 6.94. The number of hydrogen-bond acceptors (Lipinski definition) is 5. The molecule has 0 bridgehead atoms. The normalized spacial score (nSPS) is 15.9.